The molecule has 18 heavy (non-hydrogen) atoms. The van der Waals surface area contributed by atoms with Crippen LogP contribution in [0.25, 0.3) is 0 Å². The fourth-order valence-electron chi connectivity index (χ4n) is 1.70. The number of hydrogen-bond acceptors (Lipinski definition) is 5. The van der Waals surface area contributed by atoms with Gasteiger partial charge >= 0.3 is 0 Å². The summed E-state index contributed by atoms with van der Waals surface area (Å²) in [6.45, 7) is 5.22. The van der Waals surface area contributed by atoms with Gasteiger partial charge < -0.3 is 15.4 Å². The van der Waals surface area contributed by atoms with Crippen molar-refractivity contribution >= 4 is 15.9 Å². The third-order valence-electron chi connectivity index (χ3n) is 2.40. The van der Waals surface area contributed by atoms with Crippen molar-refractivity contribution in [2.24, 2.45) is 0 Å². The van der Waals surface area contributed by atoms with Gasteiger partial charge in [-0.15, -0.1) is 0 Å². The maximum atomic E-state index is 11.8. The lowest BCUT2D eigenvalue weighted by molar-refractivity contribution is -0.126. The fraction of sp³-hybridized carbons (Fsp3) is 0.900. The van der Waals surface area contributed by atoms with Gasteiger partial charge in [-0.2, -0.15) is 0 Å². The SMILES string of the molecule is CC(C)(CNC(=O)C1COCCN1)NS(C)(=O)=O. The molecule has 1 rings (SSSR count). The average Bonchev–Trinajstić information content (AvgIpc) is 2.24. The second-order valence-electron chi connectivity index (χ2n) is 5.06. The van der Waals surface area contributed by atoms with Crippen molar-refractivity contribution in [1.82, 2.24) is 15.4 Å². The van der Waals surface area contributed by atoms with E-state index in [9.17, 15) is 13.2 Å². The molecule has 3 N–H and O–H groups in total. The lowest BCUT2D eigenvalue weighted by Crippen LogP contribution is -2.56. The van der Waals surface area contributed by atoms with E-state index in [1.807, 2.05) is 0 Å². The van der Waals surface area contributed by atoms with Gasteiger partial charge in [0, 0.05) is 18.6 Å². The molecule has 8 heteroatoms. The molecule has 0 saturated carbocycles. The standard InChI is InChI=1S/C10H21N3O4S/c1-10(2,13-18(3,15)16)7-12-9(14)8-6-17-5-4-11-8/h8,11,13H,4-7H2,1-3H3,(H,12,14). The molecule has 0 spiro atoms. The number of morpholine rings is 1. The number of nitrogens with one attached hydrogen (secondary N) is 3. The van der Waals surface area contributed by atoms with E-state index in [2.05, 4.69) is 15.4 Å². The monoisotopic (exact) mass is 279 g/mol. The smallest absolute Gasteiger partial charge is 0.239 e. The second-order valence-corrected chi connectivity index (χ2v) is 6.81. The molecule has 106 valence electrons. The van der Waals surface area contributed by atoms with Gasteiger partial charge in [0.1, 0.15) is 6.04 Å². The summed E-state index contributed by atoms with van der Waals surface area (Å²) in [5.41, 5.74) is -0.723. The van der Waals surface area contributed by atoms with Crippen molar-refractivity contribution in [2.75, 3.05) is 32.6 Å². The predicted octanol–water partition coefficient (Wildman–Crippen LogP) is -1.58. The number of carbonyl (C=O) groups is 1. The summed E-state index contributed by atoms with van der Waals surface area (Å²) in [5, 5.41) is 5.73. The van der Waals surface area contributed by atoms with Crippen molar-refractivity contribution in [3.63, 3.8) is 0 Å². The van der Waals surface area contributed by atoms with E-state index in [0.29, 0.717) is 19.8 Å². The molecule has 1 fully saturated rings. The molecule has 1 atom stereocenters. The number of amides is 1. The van der Waals surface area contributed by atoms with E-state index in [0.717, 1.165) is 6.26 Å². The van der Waals surface area contributed by atoms with Crippen molar-refractivity contribution in [1.29, 1.82) is 0 Å². The normalized spacial score (nSPS) is 21.6. The number of carbonyl (C=O) groups excluding carboxylic acids is 1. The van der Waals surface area contributed by atoms with Gasteiger partial charge in [0.05, 0.1) is 19.5 Å². The van der Waals surface area contributed by atoms with Gasteiger partial charge in [-0.1, -0.05) is 0 Å². The van der Waals surface area contributed by atoms with Crippen molar-refractivity contribution < 1.29 is 17.9 Å². The van der Waals surface area contributed by atoms with Crippen LogP contribution in [-0.4, -0.2) is 58.5 Å². The molecule has 1 aliphatic rings. The van der Waals surface area contributed by atoms with E-state index in [-0.39, 0.29) is 18.5 Å². The molecule has 1 heterocycles. The highest BCUT2D eigenvalue weighted by Crippen LogP contribution is 2.02. The van der Waals surface area contributed by atoms with Gasteiger partial charge in [0.25, 0.3) is 0 Å². The predicted molar refractivity (Wildman–Crippen MR) is 67.7 cm³/mol. The van der Waals surface area contributed by atoms with Gasteiger partial charge in [0.15, 0.2) is 0 Å². The Morgan fingerprint density at radius 2 is 2.17 bits per heavy atom. The Morgan fingerprint density at radius 3 is 2.67 bits per heavy atom. The summed E-state index contributed by atoms with van der Waals surface area (Å²) in [6.07, 6.45) is 1.09. The van der Waals surface area contributed by atoms with Crippen LogP contribution in [0.1, 0.15) is 13.8 Å². The number of rotatable bonds is 5. The Kier molecular flexibility index (Phi) is 5.09. The zero-order valence-corrected chi connectivity index (χ0v) is 11.8. The molecule has 0 aromatic heterocycles. The van der Waals surface area contributed by atoms with Crippen LogP contribution in [0.3, 0.4) is 0 Å². The van der Waals surface area contributed by atoms with E-state index < -0.39 is 15.6 Å². The summed E-state index contributed by atoms with van der Waals surface area (Å²) in [6, 6.07) is -0.368. The fourth-order valence-corrected chi connectivity index (χ4v) is 2.78. The highest BCUT2D eigenvalue weighted by atomic mass is 32.2. The minimum absolute atomic E-state index is 0.182. The Bertz CT molecular complexity index is 388. The topological polar surface area (TPSA) is 96.5 Å². The zero-order valence-electron chi connectivity index (χ0n) is 10.9. The molecule has 0 aromatic carbocycles. The quantitative estimate of drug-likeness (QED) is 0.564. The first-order chi connectivity index (χ1) is 8.20. The third-order valence-corrected chi connectivity index (χ3v) is 3.33. The first-order valence-electron chi connectivity index (χ1n) is 5.77. The van der Waals surface area contributed by atoms with Crippen molar-refractivity contribution in [3.05, 3.63) is 0 Å². The molecule has 1 saturated heterocycles. The van der Waals surface area contributed by atoms with Crippen LogP contribution in [0.2, 0.25) is 0 Å². The lowest BCUT2D eigenvalue weighted by Gasteiger charge is -2.28. The molecule has 0 bridgehead atoms. The third kappa shape index (κ3) is 5.76. The lowest BCUT2D eigenvalue weighted by atomic mass is 10.1. The van der Waals surface area contributed by atoms with Crippen molar-refractivity contribution in [2.45, 2.75) is 25.4 Å². The van der Waals surface area contributed by atoms with Crippen LogP contribution >= 0.6 is 0 Å². The van der Waals surface area contributed by atoms with Crippen LogP contribution in [0.15, 0.2) is 0 Å². The summed E-state index contributed by atoms with van der Waals surface area (Å²) in [5.74, 6) is -0.182. The maximum Gasteiger partial charge on any atom is 0.239 e. The number of hydrogen-bond donors (Lipinski definition) is 3. The molecule has 7 nitrogen and oxygen atoms in total. The van der Waals surface area contributed by atoms with Gasteiger partial charge in [-0.3, -0.25) is 4.79 Å². The van der Waals surface area contributed by atoms with Gasteiger partial charge in [-0.05, 0) is 13.8 Å². The molecule has 0 aromatic rings. The molecular weight excluding hydrogens is 258 g/mol. The molecule has 0 aliphatic carbocycles. The summed E-state index contributed by atoms with van der Waals surface area (Å²) < 4.78 is 29.9. The van der Waals surface area contributed by atoms with Crippen LogP contribution in [0.5, 0.6) is 0 Å². The molecular formula is C10H21N3O4S. The Labute approximate surface area is 108 Å². The van der Waals surface area contributed by atoms with Gasteiger partial charge in [0.2, 0.25) is 15.9 Å². The molecule has 0 radical (unpaired) electrons. The largest absolute Gasteiger partial charge is 0.378 e. The average molecular weight is 279 g/mol. The first-order valence-corrected chi connectivity index (χ1v) is 7.66. The first kappa shape index (κ1) is 15.4. The minimum atomic E-state index is -3.30. The van der Waals surface area contributed by atoms with Crippen LogP contribution in [-0.2, 0) is 19.6 Å². The van der Waals surface area contributed by atoms with Crippen LogP contribution in [0.4, 0.5) is 0 Å². The number of ether oxygens (including phenoxy) is 1. The van der Waals surface area contributed by atoms with Crippen LogP contribution < -0.4 is 15.4 Å². The molecule has 1 unspecified atom stereocenters. The van der Waals surface area contributed by atoms with E-state index in [1.54, 1.807) is 13.8 Å². The summed E-state index contributed by atoms with van der Waals surface area (Å²) in [7, 11) is -3.30. The Balaban J connectivity index is 2.41. The van der Waals surface area contributed by atoms with Crippen molar-refractivity contribution in [3.8, 4) is 0 Å². The van der Waals surface area contributed by atoms with Gasteiger partial charge in [-0.25, -0.2) is 13.1 Å². The van der Waals surface area contributed by atoms with E-state index in [1.165, 1.54) is 0 Å². The van der Waals surface area contributed by atoms with Crippen LogP contribution in [0, 0.1) is 0 Å². The highest BCUT2D eigenvalue weighted by Gasteiger charge is 2.26. The molecule has 1 aliphatic heterocycles. The maximum absolute atomic E-state index is 11.8. The summed E-state index contributed by atoms with van der Waals surface area (Å²) in [4.78, 5) is 11.8. The highest BCUT2D eigenvalue weighted by molar-refractivity contribution is 7.88. The van der Waals surface area contributed by atoms with E-state index in [4.69, 9.17) is 4.74 Å². The summed E-state index contributed by atoms with van der Waals surface area (Å²) >= 11 is 0. The zero-order chi connectivity index (χ0) is 13.8. The minimum Gasteiger partial charge on any atom is -0.378 e. The second kappa shape index (κ2) is 5.96. The Morgan fingerprint density at radius 1 is 1.50 bits per heavy atom. The Hall–Kier alpha value is -0.700. The number of sulfonamides is 1. The molecule has 1 amide bonds. The van der Waals surface area contributed by atoms with E-state index >= 15 is 0 Å².